The van der Waals surface area contributed by atoms with Crippen LogP contribution < -0.4 is 5.56 Å². The van der Waals surface area contributed by atoms with Gasteiger partial charge in [-0.2, -0.15) is 0 Å². The van der Waals surface area contributed by atoms with E-state index in [2.05, 4.69) is 0 Å². The lowest BCUT2D eigenvalue weighted by atomic mass is 10.2. The molecule has 7 heteroatoms. The van der Waals surface area contributed by atoms with Crippen molar-refractivity contribution in [2.45, 2.75) is 42.8 Å². The summed E-state index contributed by atoms with van der Waals surface area (Å²) in [6.07, 6.45) is 1.96. The van der Waals surface area contributed by atoms with Gasteiger partial charge >= 0.3 is 0 Å². The summed E-state index contributed by atoms with van der Waals surface area (Å²) in [6, 6.07) is 11.5. The van der Waals surface area contributed by atoms with Crippen LogP contribution in [0.2, 0.25) is 5.02 Å². The molecule has 0 saturated carbocycles. The minimum atomic E-state index is -0.269. The largest absolute Gasteiger partial charge is 0.376 e. The van der Waals surface area contributed by atoms with Gasteiger partial charge in [0.2, 0.25) is 0 Å². The van der Waals surface area contributed by atoms with Gasteiger partial charge < -0.3 is 4.74 Å². The Kier molecular flexibility index (Phi) is 5.71. The summed E-state index contributed by atoms with van der Waals surface area (Å²) in [4.78, 5) is 17.9. The molecule has 28 heavy (non-hydrogen) atoms. The van der Waals surface area contributed by atoms with Crippen molar-refractivity contribution in [2.24, 2.45) is 0 Å². The third kappa shape index (κ3) is 4.09. The van der Waals surface area contributed by atoms with Crippen LogP contribution in [-0.2, 0) is 11.3 Å². The van der Waals surface area contributed by atoms with Gasteiger partial charge in [0.15, 0.2) is 5.16 Å². The number of fused-ring (bicyclic) bond motifs is 1. The lowest BCUT2D eigenvalue weighted by Gasteiger charge is -2.19. The van der Waals surface area contributed by atoms with Crippen molar-refractivity contribution in [1.29, 1.82) is 0 Å². The van der Waals surface area contributed by atoms with Crippen molar-refractivity contribution in [3.8, 4) is 0 Å². The molecule has 0 aliphatic carbocycles. The van der Waals surface area contributed by atoms with Gasteiger partial charge in [0.05, 0.1) is 23.6 Å². The number of halogens is 2. The van der Waals surface area contributed by atoms with Gasteiger partial charge in [-0.25, -0.2) is 9.37 Å². The second-order valence-electron chi connectivity index (χ2n) is 6.92. The standard InChI is InChI=1S/C21H20ClFN2O2S/c1-13(14-4-7-16(23)8-5-14)28-21-24-19-11-15(22)6-9-18(19)20(26)25(21)12-17-3-2-10-27-17/h4-9,11,13,17H,2-3,10,12H2,1H3. The Morgan fingerprint density at radius 2 is 2.11 bits per heavy atom. The number of rotatable bonds is 5. The molecule has 2 unspecified atom stereocenters. The fourth-order valence-corrected chi connectivity index (χ4v) is 4.59. The summed E-state index contributed by atoms with van der Waals surface area (Å²) in [7, 11) is 0. The summed E-state index contributed by atoms with van der Waals surface area (Å²) < 4.78 is 20.7. The number of thioether (sulfide) groups is 1. The van der Waals surface area contributed by atoms with Crippen molar-refractivity contribution in [2.75, 3.05) is 6.61 Å². The molecule has 2 atom stereocenters. The number of hydrogen-bond acceptors (Lipinski definition) is 4. The van der Waals surface area contributed by atoms with Crippen molar-refractivity contribution in [3.63, 3.8) is 0 Å². The van der Waals surface area contributed by atoms with Crippen molar-refractivity contribution in [3.05, 3.63) is 69.2 Å². The molecule has 3 aromatic rings. The number of benzene rings is 2. The first kappa shape index (κ1) is 19.4. The molecule has 1 aromatic heterocycles. The fourth-order valence-electron chi connectivity index (χ4n) is 3.38. The zero-order valence-electron chi connectivity index (χ0n) is 15.4. The van der Waals surface area contributed by atoms with Gasteiger partial charge in [-0.3, -0.25) is 9.36 Å². The highest BCUT2D eigenvalue weighted by Crippen LogP contribution is 2.34. The van der Waals surface area contributed by atoms with Gasteiger partial charge in [0, 0.05) is 16.9 Å². The molecule has 0 radical (unpaired) electrons. The molecule has 1 aliphatic rings. The first-order valence-electron chi connectivity index (χ1n) is 9.25. The van der Waals surface area contributed by atoms with E-state index in [0.29, 0.717) is 27.6 Å². The lowest BCUT2D eigenvalue weighted by Crippen LogP contribution is -2.29. The van der Waals surface area contributed by atoms with Gasteiger partial charge in [-0.15, -0.1) is 0 Å². The molecule has 0 N–H and O–H groups in total. The van der Waals surface area contributed by atoms with Crippen molar-refractivity contribution >= 4 is 34.3 Å². The van der Waals surface area contributed by atoms with E-state index >= 15 is 0 Å². The minimum Gasteiger partial charge on any atom is -0.376 e. The number of hydrogen-bond donors (Lipinski definition) is 0. The zero-order chi connectivity index (χ0) is 19.7. The van der Waals surface area contributed by atoms with Crippen molar-refractivity contribution < 1.29 is 9.13 Å². The summed E-state index contributed by atoms with van der Waals surface area (Å²) in [5, 5.41) is 1.70. The molecule has 4 rings (SSSR count). The van der Waals surface area contributed by atoms with E-state index in [1.165, 1.54) is 23.9 Å². The molecule has 4 nitrogen and oxygen atoms in total. The molecule has 0 amide bonds. The van der Waals surface area contributed by atoms with E-state index in [0.717, 1.165) is 25.0 Å². The number of nitrogens with zero attached hydrogens (tertiary/aromatic N) is 2. The Balaban J connectivity index is 1.75. The maximum absolute atomic E-state index is 13.2. The van der Waals surface area contributed by atoms with E-state index in [4.69, 9.17) is 21.3 Å². The van der Waals surface area contributed by atoms with Gasteiger partial charge in [-0.1, -0.05) is 35.5 Å². The summed E-state index contributed by atoms with van der Waals surface area (Å²) >= 11 is 7.58. The van der Waals surface area contributed by atoms with Crippen LogP contribution in [0, 0.1) is 5.82 Å². The highest BCUT2D eigenvalue weighted by Gasteiger charge is 2.21. The smallest absolute Gasteiger partial charge is 0.262 e. The Morgan fingerprint density at radius 3 is 2.82 bits per heavy atom. The van der Waals surface area contributed by atoms with E-state index in [-0.39, 0.29) is 22.7 Å². The molecule has 2 heterocycles. The number of aromatic nitrogens is 2. The Bertz CT molecular complexity index is 1050. The van der Waals surface area contributed by atoms with Crippen LogP contribution >= 0.6 is 23.4 Å². The summed E-state index contributed by atoms with van der Waals surface area (Å²) in [5.41, 5.74) is 1.45. The predicted octanol–water partition coefficient (Wildman–Crippen LogP) is 5.22. The first-order chi connectivity index (χ1) is 13.5. The molecule has 146 valence electrons. The number of ether oxygens (including phenoxy) is 1. The second-order valence-corrected chi connectivity index (χ2v) is 8.66. The quantitative estimate of drug-likeness (QED) is 0.421. The Labute approximate surface area is 171 Å². The maximum Gasteiger partial charge on any atom is 0.262 e. The zero-order valence-corrected chi connectivity index (χ0v) is 17.0. The summed E-state index contributed by atoms with van der Waals surface area (Å²) in [5.74, 6) is -0.269. The average Bonchev–Trinajstić information content (AvgIpc) is 3.18. The Morgan fingerprint density at radius 1 is 1.32 bits per heavy atom. The average molecular weight is 419 g/mol. The normalized spacial score (nSPS) is 17.9. The monoisotopic (exact) mass is 418 g/mol. The highest BCUT2D eigenvalue weighted by atomic mass is 35.5. The molecule has 1 saturated heterocycles. The van der Waals surface area contributed by atoms with Crippen LogP contribution in [0.1, 0.15) is 30.6 Å². The third-order valence-corrected chi connectivity index (χ3v) is 6.30. The first-order valence-corrected chi connectivity index (χ1v) is 10.5. The van der Waals surface area contributed by atoms with E-state index < -0.39 is 0 Å². The molecule has 1 aliphatic heterocycles. The highest BCUT2D eigenvalue weighted by molar-refractivity contribution is 7.99. The fraction of sp³-hybridized carbons (Fsp3) is 0.333. The molecule has 0 spiro atoms. The van der Waals surface area contributed by atoms with Crippen LogP contribution in [0.15, 0.2) is 52.4 Å². The maximum atomic E-state index is 13.2. The van der Waals surface area contributed by atoms with Crippen LogP contribution in [0.5, 0.6) is 0 Å². The molecule has 1 fully saturated rings. The SMILES string of the molecule is CC(Sc1nc2cc(Cl)ccc2c(=O)n1CC1CCCO1)c1ccc(F)cc1. The second kappa shape index (κ2) is 8.23. The van der Waals surface area contributed by atoms with Crippen LogP contribution in [0.4, 0.5) is 4.39 Å². The van der Waals surface area contributed by atoms with Gasteiger partial charge in [0.25, 0.3) is 5.56 Å². The van der Waals surface area contributed by atoms with E-state index in [1.54, 1.807) is 34.9 Å². The topological polar surface area (TPSA) is 44.1 Å². The van der Waals surface area contributed by atoms with Crippen LogP contribution in [-0.4, -0.2) is 22.3 Å². The Hall–Kier alpha value is -1.89. The van der Waals surface area contributed by atoms with E-state index in [9.17, 15) is 9.18 Å². The molecule has 2 aromatic carbocycles. The predicted molar refractivity (Wildman–Crippen MR) is 111 cm³/mol. The van der Waals surface area contributed by atoms with Gasteiger partial charge in [-0.05, 0) is 55.7 Å². The molecular weight excluding hydrogens is 399 g/mol. The minimum absolute atomic E-state index is 0.000111. The molecular formula is C21H20ClFN2O2S. The molecule has 0 bridgehead atoms. The lowest BCUT2D eigenvalue weighted by molar-refractivity contribution is 0.0937. The van der Waals surface area contributed by atoms with E-state index in [1.807, 2.05) is 6.92 Å². The summed E-state index contributed by atoms with van der Waals surface area (Å²) in [6.45, 7) is 3.22. The third-order valence-electron chi connectivity index (χ3n) is 4.91. The van der Waals surface area contributed by atoms with Crippen molar-refractivity contribution in [1.82, 2.24) is 9.55 Å². The van der Waals surface area contributed by atoms with Crippen LogP contribution in [0.25, 0.3) is 10.9 Å². The van der Waals surface area contributed by atoms with Crippen LogP contribution in [0.3, 0.4) is 0 Å². The van der Waals surface area contributed by atoms with Gasteiger partial charge in [0.1, 0.15) is 5.82 Å².